The molecule has 1 aromatic carbocycles. The normalized spacial score (nSPS) is 14.4. The number of ether oxygens (including phenoxy) is 1. The number of rotatable bonds is 4. The summed E-state index contributed by atoms with van der Waals surface area (Å²) in [6.45, 7) is 2.39. The third-order valence-electron chi connectivity index (χ3n) is 3.47. The molecule has 0 saturated carbocycles. The molecule has 0 unspecified atom stereocenters. The first-order valence-electron chi connectivity index (χ1n) is 7.43. The Balaban J connectivity index is 2.14. The van der Waals surface area contributed by atoms with Crippen LogP contribution >= 0.6 is 11.8 Å². The monoisotopic (exact) mass is 328 g/mol. The smallest absolute Gasteiger partial charge is 0.270 e. The van der Waals surface area contributed by atoms with Crippen molar-refractivity contribution >= 4 is 33.3 Å². The van der Waals surface area contributed by atoms with Crippen LogP contribution < -0.4 is 4.74 Å². The number of thioether (sulfide) groups is 1. The SMILES string of the molecule is CCOc1cc(C2=CCCC=CS2)nc2ccc([N+](=O)[O-])cc12. The molecule has 2 heterocycles. The van der Waals surface area contributed by atoms with Crippen LogP contribution in [0.15, 0.2) is 41.8 Å². The topological polar surface area (TPSA) is 65.3 Å². The van der Waals surface area contributed by atoms with Crippen LogP contribution in [0, 0.1) is 10.1 Å². The van der Waals surface area contributed by atoms with Crippen LogP contribution in [0.5, 0.6) is 5.75 Å². The molecule has 1 aliphatic rings. The van der Waals surface area contributed by atoms with E-state index in [2.05, 4.69) is 22.5 Å². The number of fused-ring (bicyclic) bond motifs is 1. The highest BCUT2D eigenvalue weighted by atomic mass is 32.2. The van der Waals surface area contributed by atoms with Gasteiger partial charge in [0.05, 0.1) is 22.7 Å². The van der Waals surface area contributed by atoms with Crippen molar-refractivity contribution in [2.75, 3.05) is 6.61 Å². The van der Waals surface area contributed by atoms with Gasteiger partial charge in [0.2, 0.25) is 0 Å². The van der Waals surface area contributed by atoms with Crippen LogP contribution in [-0.4, -0.2) is 16.5 Å². The lowest BCUT2D eigenvalue weighted by Gasteiger charge is -2.11. The fourth-order valence-electron chi connectivity index (χ4n) is 2.41. The molecule has 0 spiro atoms. The summed E-state index contributed by atoms with van der Waals surface area (Å²) in [6, 6.07) is 6.54. The second-order valence-electron chi connectivity index (χ2n) is 5.03. The summed E-state index contributed by atoms with van der Waals surface area (Å²) in [5, 5.41) is 13.7. The minimum atomic E-state index is -0.405. The van der Waals surface area contributed by atoms with Gasteiger partial charge in [0, 0.05) is 28.5 Å². The maximum Gasteiger partial charge on any atom is 0.270 e. The molecule has 1 aromatic heterocycles. The number of nitrogens with zero attached hydrogens (tertiary/aromatic N) is 2. The van der Waals surface area contributed by atoms with Crippen molar-refractivity contribution in [2.45, 2.75) is 19.8 Å². The van der Waals surface area contributed by atoms with Crippen LogP contribution in [0.2, 0.25) is 0 Å². The van der Waals surface area contributed by atoms with E-state index in [0.29, 0.717) is 23.3 Å². The van der Waals surface area contributed by atoms with Crippen LogP contribution in [0.4, 0.5) is 5.69 Å². The molecule has 2 aromatic rings. The first-order valence-corrected chi connectivity index (χ1v) is 8.31. The number of allylic oxidation sites excluding steroid dienone is 2. The third-order valence-corrected chi connectivity index (χ3v) is 4.43. The van der Waals surface area contributed by atoms with Gasteiger partial charge in [0.1, 0.15) is 5.75 Å². The van der Waals surface area contributed by atoms with E-state index in [1.807, 2.05) is 13.0 Å². The number of benzene rings is 1. The molecule has 5 nitrogen and oxygen atoms in total. The van der Waals surface area contributed by atoms with Gasteiger partial charge in [-0.2, -0.15) is 0 Å². The fraction of sp³-hybridized carbons (Fsp3) is 0.235. The molecule has 6 heteroatoms. The summed E-state index contributed by atoms with van der Waals surface area (Å²) in [5.74, 6) is 0.630. The number of non-ortho nitro benzene ring substituents is 1. The quantitative estimate of drug-likeness (QED) is 0.588. The minimum absolute atomic E-state index is 0.0407. The number of nitro benzene ring substituents is 1. The molecule has 0 amide bonds. The zero-order valence-corrected chi connectivity index (χ0v) is 13.5. The van der Waals surface area contributed by atoms with Crippen molar-refractivity contribution in [1.82, 2.24) is 4.98 Å². The third kappa shape index (κ3) is 3.37. The molecule has 23 heavy (non-hydrogen) atoms. The van der Waals surface area contributed by atoms with E-state index in [1.54, 1.807) is 17.8 Å². The molecule has 0 fully saturated rings. The van der Waals surface area contributed by atoms with Gasteiger partial charge in [0.25, 0.3) is 5.69 Å². The first kappa shape index (κ1) is 15.6. The van der Waals surface area contributed by atoms with E-state index in [1.165, 1.54) is 12.1 Å². The molecule has 3 rings (SSSR count). The van der Waals surface area contributed by atoms with Crippen molar-refractivity contribution in [1.29, 1.82) is 0 Å². The average Bonchev–Trinajstić information content (AvgIpc) is 2.83. The Hall–Kier alpha value is -2.34. The molecule has 1 aliphatic heterocycles. The number of nitro groups is 1. The molecular weight excluding hydrogens is 312 g/mol. The minimum Gasteiger partial charge on any atom is -0.493 e. The standard InChI is InChI=1S/C17H16N2O3S/c1-2-22-16-11-15(17-6-4-3-5-9-23-17)18-14-8-7-12(19(20)21)10-13(14)16/h5-11H,2-4H2,1H3. The Kier molecular flexibility index (Phi) is 4.62. The first-order chi connectivity index (χ1) is 11.2. The Morgan fingerprint density at radius 2 is 2.22 bits per heavy atom. The summed E-state index contributed by atoms with van der Waals surface area (Å²) < 4.78 is 5.70. The highest BCUT2D eigenvalue weighted by molar-refractivity contribution is 8.10. The van der Waals surface area contributed by atoms with Crippen LogP contribution in [0.3, 0.4) is 0 Å². The van der Waals surface area contributed by atoms with Crippen molar-refractivity contribution in [3.8, 4) is 5.75 Å². The van der Waals surface area contributed by atoms with Crippen LogP contribution in [-0.2, 0) is 0 Å². The Bertz CT molecular complexity index is 815. The second kappa shape index (κ2) is 6.83. The lowest BCUT2D eigenvalue weighted by molar-refractivity contribution is -0.384. The van der Waals surface area contributed by atoms with Crippen LogP contribution in [0.1, 0.15) is 25.5 Å². The maximum atomic E-state index is 11.0. The lowest BCUT2D eigenvalue weighted by Crippen LogP contribution is -1.97. The number of hydrogen-bond donors (Lipinski definition) is 0. The van der Waals surface area contributed by atoms with Gasteiger partial charge in [0.15, 0.2) is 0 Å². The van der Waals surface area contributed by atoms with Crippen molar-refractivity contribution in [3.05, 3.63) is 57.6 Å². The lowest BCUT2D eigenvalue weighted by atomic mass is 10.1. The van der Waals surface area contributed by atoms with E-state index in [9.17, 15) is 10.1 Å². The van der Waals surface area contributed by atoms with Crippen molar-refractivity contribution < 1.29 is 9.66 Å². The van der Waals surface area contributed by atoms with Gasteiger partial charge in [-0.05, 0) is 31.2 Å². The van der Waals surface area contributed by atoms with E-state index in [0.717, 1.165) is 23.4 Å². The summed E-state index contributed by atoms with van der Waals surface area (Å²) in [4.78, 5) is 16.3. The van der Waals surface area contributed by atoms with Gasteiger partial charge in [-0.15, -0.1) is 0 Å². The summed E-state index contributed by atoms with van der Waals surface area (Å²) in [6.07, 6.45) is 6.30. The van der Waals surface area contributed by atoms with Crippen LogP contribution in [0.25, 0.3) is 15.8 Å². The fourth-order valence-corrected chi connectivity index (χ4v) is 3.23. The highest BCUT2D eigenvalue weighted by Crippen LogP contribution is 2.36. The number of pyridine rings is 1. The van der Waals surface area contributed by atoms with Gasteiger partial charge < -0.3 is 4.74 Å². The van der Waals surface area contributed by atoms with Gasteiger partial charge in [-0.1, -0.05) is 23.9 Å². The zero-order valence-electron chi connectivity index (χ0n) is 12.7. The molecule has 0 saturated heterocycles. The maximum absolute atomic E-state index is 11.0. The summed E-state index contributed by atoms with van der Waals surface area (Å²) in [7, 11) is 0. The van der Waals surface area contributed by atoms with E-state index < -0.39 is 4.92 Å². The molecule has 0 bridgehead atoms. The Labute approximate surface area is 138 Å². The Morgan fingerprint density at radius 3 is 3.00 bits per heavy atom. The summed E-state index contributed by atoms with van der Waals surface area (Å²) in [5.41, 5.74) is 1.58. The van der Waals surface area contributed by atoms with Gasteiger partial charge in [-0.3, -0.25) is 10.1 Å². The molecule has 0 radical (unpaired) electrons. The van der Waals surface area contributed by atoms with Gasteiger partial charge >= 0.3 is 0 Å². The number of hydrogen-bond acceptors (Lipinski definition) is 5. The summed E-state index contributed by atoms with van der Waals surface area (Å²) >= 11 is 1.63. The molecule has 0 atom stereocenters. The van der Waals surface area contributed by atoms with E-state index in [-0.39, 0.29) is 5.69 Å². The predicted octanol–water partition coefficient (Wildman–Crippen LogP) is 4.92. The van der Waals surface area contributed by atoms with Crippen molar-refractivity contribution in [3.63, 3.8) is 0 Å². The largest absolute Gasteiger partial charge is 0.493 e. The molecule has 0 N–H and O–H groups in total. The van der Waals surface area contributed by atoms with Crippen molar-refractivity contribution in [2.24, 2.45) is 0 Å². The molecule has 0 aliphatic carbocycles. The number of aromatic nitrogens is 1. The van der Waals surface area contributed by atoms with E-state index >= 15 is 0 Å². The van der Waals surface area contributed by atoms with Gasteiger partial charge in [-0.25, -0.2) is 4.98 Å². The average molecular weight is 328 g/mol. The zero-order chi connectivity index (χ0) is 16.2. The highest BCUT2D eigenvalue weighted by Gasteiger charge is 2.14. The molecular formula is C17H16N2O3S. The second-order valence-corrected chi connectivity index (χ2v) is 5.98. The van der Waals surface area contributed by atoms with E-state index in [4.69, 9.17) is 4.74 Å². The Morgan fingerprint density at radius 1 is 1.35 bits per heavy atom. The molecule has 118 valence electrons. The predicted molar refractivity (Wildman–Crippen MR) is 93.5 cm³/mol.